The molecule has 17 heavy (non-hydrogen) atoms. The fourth-order valence-electron chi connectivity index (χ4n) is 1.84. The van der Waals surface area contributed by atoms with Crippen molar-refractivity contribution in [2.75, 3.05) is 31.6 Å². The average Bonchev–Trinajstić information content (AvgIpc) is 2.33. The summed E-state index contributed by atoms with van der Waals surface area (Å²) in [6.07, 6.45) is 0. The number of benzene rings is 1. The lowest BCUT2D eigenvalue weighted by Gasteiger charge is -2.33. The van der Waals surface area contributed by atoms with Gasteiger partial charge < -0.3 is 19.8 Å². The van der Waals surface area contributed by atoms with E-state index in [-0.39, 0.29) is 5.91 Å². The van der Waals surface area contributed by atoms with Crippen molar-refractivity contribution in [1.29, 1.82) is 0 Å². The predicted octanol–water partition coefficient (Wildman–Crippen LogP) is -1.36. The fourth-order valence-corrected chi connectivity index (χ4v) is 1.84. The lowest BCUT2D eigenvalue weighted by molar-refractivity contribution is -0.129. The van der Waals surface area contributed by atoms with Gasteiger partial charge in [0.25, 0.3) is 0 Å². The Morgan fingerprint density at radius 3 is 2.35 bits per heavy atom. The van der Waals surface area contributed by atoms with E-state index in [2.05, 4.69) is 0 Å². The molecule has 2 N–H and O–H groups in total. The van der Waals surface area contributed by atoms with Crippen molar-refractivity contribution in [3.63, 3.8) is 0 Å². The number of hydrogen-bond acceptors (Lipinski definition) is 4. The van der Waals surface area contributed by atoms with Crippen molar-refractivity contribution in [2.24, 2.45) is 0 Å². The van der Waals surface area contributed by atoms with Gasteiger partial charge in [0.1, 0.15) is 0 Å². The highest BCUT2D eigenvalue weighted by Gasteiger charge is 2.21. The third-order valence-corrected chi connectivity index (χ3v) is 3.01. The van der Waals surface area contributed by atoms with E-state index in [1.54, 1.807) is 36.2 Å². The third-order valence-electron chi connectivity index (χ3n) is 3.01. The van der Waals surface area contributed by atoms with Crippen molar-refractivity contribution in [3.05, 3.63) is 24.3 Å². The molecule has 1 saturated heterocycles. The zero-order valence-electron chi connectivity index (χ0n) is 9.71. The Morgan fingerprint density at radius 2 is 1.82 bits per heavy atom. The van der Waals surface area contributed by atoms with Crippen LogP contribution in [0.15, 0.2) is 24.3 Å². The molecule has 0 unspecified atom stereocenters. The average molecular weight is 234 g/mol. The number of likely N-dealkylation sites (N-methyl/N-ethyl adjacent to an activating group) is 1. The molecule has 1 aliphatic rings. The number of rotatable bonds is 2. The minimum atomic E-state index is -1.45. The summed E-state index contributed by atoms with van der Waals surface area (Å²) in [5.41, 5.74) is 1.38. The Kier molecular flexibility index (Phi) is 3.35. The number of anilines is 1. The molecule has 0 aliphatic carbocycles. The van der Waals surface area contributed by atoms with Crippen LogP contribution in [-0.2, 0) is 4.79 Å². The van der Waals surface area contributed by atoms with Crippen molar-refractivity contribution in [3.8, 4) is 0 Å². The van der Waals surface area contributed by atoms with Crippen molar-refractivity contribution < 1.29 is 14.8 Å². The van der Waals surface area contributed by atoms with E-state index in [4.69, 9.17) is 10.0 Å². The SMILES string of the molecule is CN1CCN(c2ccc(B(O)O)cc2)CC1=O. The summed E-state index contributed by atoms with van der Waals surface area (Å²) in [7, 11) is 0.350. The highest BCUT2D eigenvalue weighted by atomic mass is 16.4. The Hall–Kier alpha value is -1.53. The van der Waals surface area contributed by atoms with Crippen molar-refractivity contribution in [1.82, 2.24) is 4.90 Å². The smallest absolute Gasteiger partial charge is 0.423 e. The molecule has 0 radical (unpaired) electrons. The molecule has 0 bridgehead atoms. The maximum Gasteiger partial charge on any atom is 0.488 e. The molecule has 2 rings (SSSR count). The molecule has 90 valence electrons. The molecule has 1 aromatic rings. The van der Waals surface area contributed by atoms with E-state index < -0.39 is 7.12 Å². The quantitative estimate of drug-likeness (QED) is 0.621. The van der Waals surface area contributed by atoms with Crippen LogP contribution in [0.5, 0.6) is 0 Å². The van der Waals surface area contributed by atoms with E-state index >= 15 is 0 Å². The van der Waals surface area contributed by atoms with Crippen LogP contribution in [0.1, 0.15) is 0 Å². The Bertz CT molecular complexity index is 408. The summed E-state index contributed by atoms with van der Waals surface area (Å²) >= 11 is 0. The van der Waals surface area contributed by atoms with Gasteiger partial charge in [0.2, 0.25) is 5.91 Å². The van der Waals surface area contributed by atoms with Gasteiger partial charge in [0.15, 0.2) is 0 Å². The molecule has 0 atom stereocenters. The maximum atomic E-state index is 11.6. The predicted molar refractivity (Wildman–Crippen MR) is 66.1 cm³/mol. The number of carbonyl (C=O) groups is 1. The van der Waals surface area contributed by atoms with Gasteiger partial charge in [-0.3, -0.25) is 4.79 Å². The molecule has 5 nitrogen and oxygen atoms in total. The monoisotopic (exact) mass is 234 g/mol. The summed E-state index contributed by atoms with van der Waals surface area (Å²) in [5.74, 6) is 0.0996. The summed E-state index contributed by atoms with van der Waals surface area (Å²) in [6, 6.07) is 6.91. The summed E-state index contributed by atoms with van der Waals surface area (Å²) in [4.78, 5) is 15.2. The van der Waals surface area contributed by atoms with Gasteiger partial charge in [-0.05, 0) is 17.6 Å². The molecule has 1 heterocycles. The van der Waals surface area contributed by atoms with Crippen molar-refractivity contribution >= 4 is 24.2 Å². The van der Waals surface area contributed by atoms with Crippen LogP contribution >= 0.6 is 0 Å². The van der Waals surface area contributed by atoms with Gasteiger partial charge in [-0.1, -0.05) is 12.1 Å². The van der Waals surface area contributed by atoms with E-state index in [0.29, 0.717) is 18.6 Å². The molecular formula is C11H15BN2O3. The van der Waals surface area contributed by atoms with Crippen LogP contribution in [0, 0.1) is 0 Å². The van der Waals surface area contributed by atoms with Crippen molar-refractivity contribution in [2.45, 2.75) is 0 Å². The zero-order chi connectivity index (χ0) is 12.4. The second-order valence-corrected chi connectivity index (χ2v) is 4.20. The van der Waals surface area contributed by atoms with Crippen LogP contribution < -0.4 is 10.4 Å². The number of carbonyl (C=O) groups excluding carboxylic acids is 1. The van der Waals surface area contributed by atoms with E-state index in [0.717, 1.165) is 12.2 Å². The Balaban J connectivity index is 2.10. The topological polar surface area (TPSA) is 64.0 Å². The van der Waals surface area contributed by atoms with Gasteiger partial charge >= 0.3 is 7.12 Å². The third kappa shape index (κ3) is 2.59. The summed E-state index contributed by atoms with van der Waals surface area (Å²) in [6.45, 7) is 1.88. The Morgan fingerprint density at radius 1 is 1.18 bits per heavy atom. The van der Waals surface area contributed by atoms with Gasteiger partial charge in [-0.2, -0.15) is 0 Å². The highest BCUT2D eigenvalue weighted by Crippen LogP contribution is 2.14. The summed E-state index contributed by atoms with van der Waals surface area (Å²) < 4.78 is 0. The number of piperazine rings is 1. The second kappa shape index (κ2) is 4.77. The molecule has 1 fully saturated rings. The second-order valence-electron chi connectivity index (χ2n) is 4.20. The maximum absolute atomic E-state index is 11.6. The van der Waals surface area contributed by atoms with E-state index in [1.807, 2.05) is 4.90 Å². The van der Waals surface area contributed by atoms with E-state index in [9.17, 15) is 4.79 Å². The number of amides is 1. The first-order chi connectivity index (χ1) is 8.08. The van der Waals surface area contributed by atoms with Crippen LogP contribution in [0.25, 0.3) is 0 Å². The van der Waals surface area contributed by atoms with Crippen LogP contribution in [0.4, 0.5) is 5.69 Å². The lowest BCUT2D eigenvalue weighted by Crippen LogP contribution is -2.48. The molecule has 0 saturated carbocycles. The zero-order valence-corrected chi connectivity index (χ0v) is 9.71. The fraction of sp³-hybridized carbons (Fsp3) is 0.364. The number of hydrogen-bond donors (Lipinski definition) is 2. The van der Waals surface area contributed by atoms with E-state index in [1.165, 1.54) is 0 Å². The number of nitrogens with zero attached hydrogens (tertiary/aromatic N) is 2. The minimum absolute atomic E-state index is 0.0996. The first kappa shape index (κ1) is 11.9. The first-order valence-corrected chi connectivity index (χ1v) is 5.53. The molecule has 0 aromatic heterocycles. The standard InChI is InChI=1S/C11H15BN2O3/c1-13-6-7-14(8-11(13)15)10-4-2-9(3-5-10)12(16)17/h2-5,16-17H,6-8H2,1H3. The molecule has 0 spiro atoms. The first-order valence-electron chi connectivity index (χ1n) is 5.53. The molecule has 1 amide bonds. The normalized spacial score (nSPS) is 16.3. The summed E-state index contributed by atoms with van der Waals surface area (Å²) in [5, 5.41) is 18.0. The molecule has 6 heteroatoms. The largest absolute Gasteiger partial charge is 0.488 e. The van der Waals surface area contributed by atoms with Gasteiger partial charge in [0, 0.05) is 25.8 Å². The minimum Gasteiger partial charge on any atom is -0.423 e. The highest BCUT2D eigenvalue weighted by molar-refractivity contribution is 6.58. The van der Waals surface area contributed by atoms with Gasteiger partial charge in [-0.15, -0.1) is 0 Å². The lowest BCUT2D eigenvalue weighted by atomic mass is 9.80. The van der Waals surface area contributed by atoms with Crippen LogP contribution in [0.3, 0.4) is 0 Å². The molecular weight excluding hydrogens is 219 g/mol. The molecule has 1 aromatic carbocycles. The molecule has 1 aliphatic heterocycles. The Labute approximate surface area is 100 Å². The van der Waals surface area contributed by atoms with Crippen LogP contribution in [0.2, 0.25) is 0 Å². The van der Waals surface area contributed by atoms with Crippen LogP contribution in [-0.4, -0.2) is 54.7 Å². The van der Waals surface area contributed by atoms with Gasteiger partial charge in [0.05, 0.1) is 6.54 Å². The van der Waals surface area contributed by atoms with Gasteiger partial charge in [-0.25, -0.2) is 0 Å².